The lowest BCUT2D eigenvalue weighted by Crippen LogP contribution is -2.05. The number of benzene rings is 1. The van der Waals surface area contributed by atoms with E-state index in [-0.39, 0.29) is 0 Å². The molecule has 0 aliphatic heterocycles. The van der Waals surface area contributed by atoms with Gasteiger partial charge in [-0.25, -0.2) is 4.79 Å². The molecule has 0 heterocycles. The van der Waals surface area contributed by atoms with Crippen molar-refractivity contribution in [2.75, 3.05) is 14.2 Å². The van der Waals surface area contributed by atoms with E-state index in [1.54, 1.807) is 13.0 Å². The van der Waals surface area contributed by atoms with E-state index in [9.17, 15) is 9.59 Å². The van der Waals surface area contributed by atoms with Gasteiger partial charge in [0.1, 0.15) is 5.75 Å². The van der Waals surface area contributed by atoms with E-state index in [1.807, 2.05) is 0 Å². The quantitative estimate of drug-likeness (QED) is 0.559. The van der Waals surface area contributed by atoms with E-state index < -0.39 is 5.97 Å². The lowest BCUT2D eigenvalue weighted by molar-refractivity contribution is 0.0599. The Hall–Kier alpha value is -1.84. The minimum atomic E-state index is -0.441. The Morgan fingerprint density at radius 3 is 2.47 bits per heavy atom. The summed E-state index contributed by atoms with van der Waals surface area (Å²) in [6.07, 6.45) is 0.687. The fourth-order valence-corrected chi connectivity index (χ4v) is 1.31. The minimum absolute atomic E-state index is 0.371. The molecule has 0 aliphatic rings. The van der Waals surface area contributed by atoms with Crippen LogP contribution in [0.4, 0.5) is 0 Å². The van der Waals surface area contributed by atoms with Crippen LogP contribution in [0.2, 0.25) is 0 Å². The number of aldehydes is 1. The maximum absolute atomic E-state index is 11.3. The number of esters is 1. The van der Waals surface area contributed by atoms with Gasteiger partial charge in [-0.15, -0.1) is 0 Å². The summed E-state index contributed by atoms with van der Waals surface area (Å²) in [6.45, 7) is 1.73. The SMILES string of the molecule is COC(=O)c1cc(OC)c(C=O)cc1C. The van der Waals surface area contributed by atoms with Crippen LogP contribution in [0.15, 0.2) is 12.1 Å². The van der Waals surface area contributed by atoms with Crippen LogP contribution < -0.4 is 4.74 Å². The number of carbonyl (C=O) groups excluding carboxylic acids is 2. The molecule has 0 N–H and O–H groups in total. The monoisotopic (exact) mass is 208 g/mol. The van der Waals surface area contributed by atoms with Crippen molar-refractivity contribution in [3.05, 3.63) is 28.8 Å². The summed E-state index contributed by atoms with van der Waals surface area (Å²) in [6, 6.07) is 3.10. The molecule has 0 spiro atoms. The maximum Gasteiger partial charge on any atom is 0.338 e. The fraction of sp³-hybridized carbons (Fsp3) is 0.273. The Labute approximate surface area is 87.8 Å². The summed E-state index contributed by atoms with van der Waals surface area (Å²) >= 11 is 0. The second-order valence-electron chi connectivity index (χ2n) is 3.02. The van der Waals surface area contributed by atoms with Crippen LogP contribution in [0.1, 0.15) is 26.3 Å². The summed E-state index contributed by atoms with van der Waals surface area (Å²) in [5, 5.41) is 0. The van der Waals surface area contributed by atoms with Gasteiger partial charge in [0, 0.05) is 0 Å². The highest BCUT2D eigenvalue weighted by Gasteiger charge is 2.13. The van der Waals surface area contributed by atoms with Crippen molar-refractivity contribution in [1.82, 2.24) is 0 Å². The number of hydrogen-bond donors (Lipinski definition) is 0. The van der Waals surface area contributed by atoms with Crippen LogP contribution >= 0.6 is 0 Å². The Morgan fingerprint density at radius 1 is 1.33 bits per heavy atom. The Bertz CT molecular complexity index is 396. The summed E-state index contributed by atoms with van der Waals surface area (Å²) in [5.41, 5.74) is 1.51. The van der Waals surface area contributed by atoms with E-state index in [0.29, 0.717) is 28.7 Å². The van der Waals surface area contributed by atoms with Crippen molar-refractivity contribution in [2.24, 2.45) is 0 Å². The molecule has 0 saturated heterocycles. The zero-order valence-corrected chi connectivity index (χ0v) is 8.87. The highest BCUT2D eigenvalue weighted by atomic mass is 16.5. The minimum Gasteiger partial charge on any atom is -0.496 e. The standard InChI is InChI=1S/C11H12O4/c1-7-4-8(6-12)10(14-2)5-9(7)11(13)15-3/h4-6H,1-3H3. The Kier molecular flexibility index (Phi) is 3.44. The van der Waals surface area contributed by atoms with Crippen LogP contribution in [0, 0.1) is 6.92 Å². The van der Waals surface area contributed by atoms with Gasteiger partial charge < -0.3 is 9.47 Å². The van der Waals surface area contributed by atoms with E-state index >= 15 is 0 Å². The lowest BCUT2D eigenvalue weighted by atomic mass is 10.0. The van der Waals surface area contributed by atoms with Gasteiger partial charge in [-0.05, 0) is 24.6 Å². The second-order valence-corrected chi connectivity index (χ2v) is 3.02. The molecule has 0 aliphatic carbocycles. The van der Waals surface area contributed by atoms with Gasteiger partial charge in [0.25, 0.3) is 0 Å². The average Bonchev–Trinajstić information content (AvgIpc) is 2.27. The van der Waals surface area contributed by atoms with E-state index in [1.165, 1.54) is 20.3 Å². The van der Waals surface area contributed by atoms with Gasteiger partial charge >= 0.3 is 5.97 Å². The molecule has 0 saturated carbocycles. The number of rotatable bonds is 3. The van der Waals surface area contributed by atoms with Crippen LogP contribution in [-0.4, -0.2) is 26.5 Å². The van der Waals surface area contributed by atoms with Gasteiger partial charge in [0.15, 0.2) is 6.29 Å². The third-order valence-corrected chi connectivity index (χ3v) is 2.11. The fourth-order valence-electron chi connectivity index (χ4n) is 1.31. The predicted molar refractivity (Wildman–Crippen MR) is 54.5 cm³/mol. The first-order chi connectivity index (χ1) is 7.13. The topological polar surface area (TPSA) is 52.6 Å². The first kappa shape index (κ1) is 11.2. The second kappa shape index (κ2) is 4.59. The molecular weight excluding hydrogens is 196 g/mol. The molecule has 0 amide bonds. The molecule has 15 heavy (non-hydrogen) atoms. The molecule has 0 radical (unpaired) electrons. The van der Waals surface area contributed by atoms with Crippen molar-refractivity contribution in [1.29, 1.82) is 0 Å². The Morgan fingerprint density at radius 2 is 2.00 bits per heavy atom. The molecule has 4 nitrogen and oxygen atoms in total. The summed E-state index contributed by atoms with van der Waals surface area (Å²) in [4.78, 5) is 22.0. The number of ether oxygens (including phenoxy) is 2. The number of aryl methyl sites for hydroxylation is 1. The van der Waals surface area contributed by atoms with Crippen LogP contribution in [0.25, 0.3) is 0 Å². The lowest BCUT2D eigenvalue weighted by Gasteiger charge is -2.08. The summed E-state index contributed by atoms with van der Waals surface area (Å²) < 4.78 is 9.59. The zero-order valence-electron chi connectivity index (χ0n) is 8.87. The van der Waals surface area contributed by atoms with Crippen molar-refractivity contribution >= 4 is 12.3 Å². The first-order valence-corrected chi connectivity index (χ1v) is 4.36. The van der Waals surface area contributed by atoms with E-state index in [4.69, 9.17) is 4.74 Å². The van der Waals surface area contributed by atoms with Gasteiger partial charge in [-0.3, -0.25) is 4.79 Å². The van der Waals surface area contributed by atoms with Crippen molar-refractivity contribution in [3.8, 4) is 5.75 Å². The van der Waals surface area contributed by atoms with Crippen LogP contribution in [0.5, 0.6) is 5.75 Å². The third-order valence-electron chi connectivity index (χ3n) is 2.11. The molecular formula is C11H12O4. The average molecular weight is 208 g/mol. The number of hydrogen-bond acceptors (Lipinski definition) is 4. The predicted octanol–water partition coefficient (Wildman–Crippen LogP) is 1.60. The molecule has 0 fully saturated rings. The molecule has 1 aromatic rings. The smallest absolute Gasteiger partial charge is 0.338 e. The van der Waals surface area contributed by atoms with Crippen molar-refractivity contribution in [2.45, 2.75) is 6.92 Å². The third kappa shape index (κ3) is 2.15. The van der Waals surface area contributed by atoms with Gasteiger partial charge in [-0.1, -0.05) is 0 Å². The number of carbonyl (C=O) groups is 2. The van der Waals surface area contributed by atoms with Gasteiger partial charge in [-0.2, -0.15) is 0 Å². The molecule has 0 unspecified atom stereocenters. The van der Waals surface area contributed by atoms with Crippen LogP contribution in [0.3, 0.4) is 0 Å². The Balaban J connectivity index is 3.31. The molecule has 1 aromatic carbocycles. The zero-order chi connectivity index (χ0) is 11.4. The molecule has 0 atom stereocenters. The van der Waals surface area contributed by atoms with Gasteiger partial charge in [0.2, 0.25) is 0 Å². The van der Waals surface area contributed by atoms with E-state index in [0.717, 1.165) is 0 Å². The summed E-state index contributed by atoms with van der Waals surface area (Å²) in [5.74, 6) is -0.0701. The van der Waals surface area contributed by atoms with Crippen molar-refractivity contribution in [3.63, 3.8) is 0 Å². The van der Waals surface area contributed by atoms with Gasteiger partial charge in [0.05, 0.1) is 25.3 Å². The van der Waals surface area contributed by atoms with Crippen molar-refractivity contribution < 1.29 is 19.1 Å². The number of methoxy groups -OCH3 is 2. The molecule has 1 rings (SSSR count). The maximum atomic E-state index is 11.3. The summed E-state index contributed by atoms with van der Waals surface area (Å²) in [7, 11) is 2.75. The molecule has 80 valence electrons. The largest absolute Gasteiger partial charge is 0.496 e. The molecule has 0 bridgehead atoms. The van der Waals surface area contributed by atoms with E-state index in [2.05, 4.69) is 4.74 Å². The molecule has 4 heteroatoms. The normalized spacial score (nSPS) is 9.53. The highest BCUT2D eigenvalue weighted by Crippen LogP contribution is 2.22. The highest BCUT2D eigenvalue weighted by molar-refractivity contribution is 5.93. The first-order valence-electron chi connectivity index (χ1n) is 4.36. The molecule has 0 aromatic heterocycles. The van der Waals surface area contributed by atoms with Crippen LogP contribution in [-0.2, 0) is 4.74 Å².